The molecular formula is C12H17NOS. The topological polar surface area (TPSA) is 23.5 Å². The van der Waals surface area contributed by atoms with Crippen LogP contribution < -0.4 is 0 Å². The molecule has 2 nitrogen and oxygen atoms in total. The van der Waals surface area contributed by atoms with E-state index in [4.69, 9.17) is 5.11 Å². The number of hydrogen-bond donors (Lipinski definition) is 1. The minimum absolute atomic E-state index is 0.143. The van der Waals surface area contributed by atoms with Gasteiger partial charge in [0.15, 0.2) is 0 Å². The van der Waals surface area contributed by atoms with E-state index in [0.29, 0.717) is 6.42 Å². The summed E-state index contributed by atoms with van der Waals surface area (Å²) in [4.78, 5) is 4.69. The smallest absolute Gasteiger partial charge is 0.0771 e. The fourth-order valence-electron chi connectivity index (χ4n) is 1.11. The van der Waals surface area contributed by atoms with E-state index in [-0.39, 0.29) is 6.61 Å². The van der Waals surface area contributed by atoms with Gasteiger partial charge < -0.3 is 10.0 Å². The molecule has 1 heterocycles. The number of thiophene rings is 1. The Kier molecular flexibility index (Phi) is 5.41. The van der Waals surface area contributed by atoms with E-state index >= 15 is 0 Å². The molecule has 3 heteroatoms. The van der Waals surface area contributed by atoms with Crippen molar-refractivity contribution in [3.05, 3.63) is 21.9 Å². The average molecular weight is 223 g/mol. The molecular weight excluding hydrogens is 206 g/mol. The van der Waals surface area contributed by atoms with Crippen molar-refractivity contribution in [3.63, 3.8) is 0 Å². The summed E-state index contributed by atoms with van der Waals surface area (Å²) in [6.45, 7) is 4.34. The number of nitrogens with zero attached hydrogens (tertiary/aromatic N) is 1. The van der Waals surface area contributed by atoms with Gasteiger partial charge in [-0.1, -0.05) is 18.8 Å². The highest BCUT2D eigenvalue weighted by Crippen LogP contribution is 2.16. The molecule has 0 aliphatic carbocycles. The first-order valence-corrected chi connectivity index (χ1v) is 5.95. The first-order chi connectivity index (χ1) is 7.26. The third kappa shape index (κ3) is 4.48. The molecule has 1 N–H and O–H groups in total. The molecule has 0 aliphatic heterocycles. The molecule has 0 bridgehead atoms. The van der Waals surface area contributed by atoms with Crippen molar-refractivity contribution in [1.82, 2.24) is 4.90 Å². The zero-order valence-corrected chi connectivity index (χ0v) is 10.1. The van der Waals surface area contributed by atoms with E-state index in [9.17, 15) is 0 Å². The van der Waals surface area contributed by atoms with Crippen LogP contribution in [0.2, 0.25) is 0 Å². The summed E-state index contributed by atoms with van der Waals surface area (Å²) in [6, 6.07) is 4.17. The molecule has 0 atom stereocenters. The van der Waals surface area contributed by atoms with Crippen molar-refractivity contribution in [2.75, 3.05) is 20.2 Å². The molecule has 0 saturated heterocycles. The Morgan fingerprint density at radius 3 is 2.93 bits per heavy atom. The molecule has 0 unspecified atom stereocenters. The van der Waals surface area contributed by atoms with Crippen LogP contribution in [0.15, 0.2) is 12.1 Å². The summed E-state index contributed by atoms with van der Waals surface area (Å²) in [7, 11) is 2.11. The van der Waals surface area contributed by atoms with Gasteiger partial charge >= 0.3 is 0 Å². The largest absolute Gasteiger partial charge is 0.395 e. The molecule has 0 amide bonds. The highest BCUT2D eigenvalue weighted by molar-refractivity contribution is 7.12. The second-order valence-corrected chi connectivity index (χ2v) is 4.54. The van der Waals surface area contributed by atoms with Crippen molar-refractivity contribution < 1.29 is 5.11 Å². The van der Waals surface area contributed by atoms with Gasteiger partial charge in [0.2, 0.25) is 0 Å². The molecule has 1 aromatic rings. The zero-order valence-electron chi connectivity index (χ0n) is 9.29. The lowest BCUT2D eigenvalue weighted by molar-refractivity contribution is 0.305. The molecule has 0 spiro atoms. The van der Waals surface area contributed by atoms with E-state index in [0.717, 1.165) is 18.0 Å². The third-order valence-corrected chi connectivity index (χ3v) is 3.06. The minimum Gasteiger partial charge on any atom is -0.395 e. The zero-order chi connectivity index (χ0) is 11.1. The predicted molar refractivity (Wildman–Crippen MR) is 64.9 cm³/mol. The van der Waals surface area contributed by atoms with E-state index < -0.39 is 0 Å². The standard InChI is InChI=1S/C12H17NOS/c1-3-13(2)10-12-8-7-11(15-12)6-4-5-9-14/h7-8,14H,3,5,9-10H2,1-2H3. The van der Waals surface area contributed by atoms with Crippen molar-refractivity contribution in [2.24, 2.45) is 0 Å². The maximum atomic E-state index is 8.59. The lowest BCUT2D eigenvalue weighted by Crippen LogP contribution is -2.15. The summed E-state index contributed by atoms with van der Waals surface area (Å²) >= 11 is 1.73. The van der Waals surface area contributed by atoms with Crippen LogP contribution in [0.1, 0.15) is 23.1 Å². The lowest BCUT2D eigenvalue weighted by Gasteiger charge is -2.11. The second kappa shape index (κ2) is 6.62. The van der Waals surface area contributed by atoms with Gasteiger partial charge in [0, 0.05) is 17.8 Å². The van der Waals surface area contributed by atoms with Gasteiger partial charge in [-0.3, -0.25) is 0 Å². The Labute approximate surface area is 95.5 Å². The maximum Gasteiger partial charge on any atom is 0.0771 e. The van der Waals surface area contributed by atoms with Crippen LogP contribution in [-0.2, 0) is 6.54 Å². The summed E-state index contributed by atoms with van der Waals surface area (Å²) < 4.78 is 0. The molecule has 0 radical (unpaired) electrons. The van der Waals surface area contributed by atoms with Crippen molar-refractivity contribution in [1.29, 1.82) is 0 Å². The molecule has 0 fully saturated rings. The molecule has 15 heavy (non-hydrogen) atoms. The van der Waals surface area contributed by atoms with Gasteiger partial charge in [0.25, 0.3) is 0 Å². The first-order valence-electron chi connectivity index (χ1n) is 5.13. The van der Waals surface area contributed by atoms with Crippen LogP contribution >= 0.6 is 11.3 Å². The Morgan fingerprint density at radius 1 is 1.47 bits per heavy atom. The van der Waals surface area contributed by atoms with Gasteiger partial charge in [0.05, 0.1) is 11.5 Å². The van der Waals surface area contributed by atoms with Gasteiger partial charge in [0.1, 0.15) is 0 Å². The average Bonchev–Trinajstić information content (AvgIpc) is 2.66. The van der Waals surface area contributed by atoms with Crippen LogP contribution in [0.25, 0.3) is 0 Å². The summed E-state index contributed by atoms with van der Waals surface area (Å²) in [5, 5.41) is 8.59. The van der Waals surface area contributed by atoms with E-state index in [1.165, 1.54) is 4.88 Å². The molecule has 1 rings (SSSR count). The Balaban J connectivity index is 2.53. The van der Waals surface area contributed by atoms with E-state index in [1.807, 2.05) is 6.07 Å². The van der Waals surface area contributed by atoms with Crippen molar-refractivity contribution in [3.8, 4) is 11.8 Å². The molecule has 1 aromatic heterocycles. The third-order valence-electron chi connectivity index (χ3n) is 2.08. The lowest BCUT2D eigenvalue weighted by atomic mass is 10.4. The minimum atomic E-state index is 0.143. The summed E-state index contributed by atoms with van der Waals surface area (Å²) in [6.07, 6.45) is 0.558. The van der Waals surface area contributed by atoms with Crippen LogP contribution in [0, 0.1) is 11.8 Å². The normalized spacial score (nSPS) is 10.1. The van der Waals surface area contributed by atoms with Gasteiger partial charge in [-0.15, -0.1) is 11.3 Å². The SMILES string of the molecule is CCN(C)Cc1ccc(C#CCCO)s1. The highest BCUT2D eigenvalue weighted by atomic mass is 32.1. The summed E-state index contributed by atoms with van der Waals surface area (Å²) in [5.41, 5.74) is 0. The Bertz CT molecular complexity index is 348. The second-order valence-electron chi connectivity index (χ2n) is 3.37. The number of hydrogen-bond acceptors (Lipinski definition) is 3. The van der Waals surface area contributed by atoms with Crippen molar-refractivity contribution >= 4 is 11.3 Å². The molecule has 0 aliphatic rings. The monoisotopic (exact) mass is 223 g/mol. The summed E-state index contributed by atoms with van der Waals surface area (Å²) in [5.74, 6) is 5.98. The molecule has 0 aromatic carbocycles. The number of aliphatic hydroxyl groups excluding tert-OH is 1. The number of rotatable bonds is 4. The molecule has 82 valence electrons. The van der Waals surface area contributed by atoms with Crippen LogP contribution in [-0.4, -0.2) is 30.2 Å². The fraction of sp³-hybridized carbons (Fsp3) is 0.500. The van der Waals surface area contributed by atoms with Crippen LogP contribution in [0.3, 0.4) is 0 Å². The van der Waals surface area contributed by atoms with Gasteiger partial charge in [-0.05, 0) is 25.7 Å². The van der Waals surface area contributed by atoms with Gasteiger partial charge in [-0.25, -0.2) is 0 Å². The van der Waals surface area contributed by atoms with E-state index in [1.54, 1.807) is 11.3 Å². The Hall–Kier alpha value is -0.820. The highest BCUT2D eigenvalue weighted by Gasteiger charge is 2.00. The van der Waals surface area contributed by atoms with Crippen LogP contribution in [0.5, 0.6) is 0 Å². The number of aliphatic hydroxyl groups is 1. The maximum absolute atomic E-state index is 8.59. The van der Waals surface area contributed by atoms with Crippen molar-refractivity contribution in [2.45, 2.75) is 19.9 Å². The fourth-order valence-corrected chi connectivity index (χ4v) is 2.08. The molecule has 0 saturated carbocycles. The van der Waals surface area contributed by atoms with Crippen LogP contribution in [0.4, 0.5) is 0 Å². The quantitative estimate of drug-likeness (QED) is 0.788. The first kappa shape index (κ1) is 12.3. The van der Waals surface area contributed by atoms with E-state index in [2.05, 4.69) is 36.8 Å². The van der Waals surface area contributed by atoms with Gasteiger partial charge in [-0.2, -0.15) is 0 Å². The predicted octanol–water partition coefficient (Wildman–Crippen LogP) is 1.93. The Morgan fingerprint density at radius 2 is 2.27 bits per heavy atom.